The first kappa shape index (κ1) is 12.4. The lowest BCUT2D eigenvalue weighted by molar-refractivity contribution is 0.0565. The van der Waals surface area contributed by atoms with Crippen molar-refractivity contribution in [2.45, 2.75) is 38.3 Å². The Labute approximate surface area is 103 Å². The van der Waals surface area contributed by atoms with Gasteiger partial charge in [-0.2, -0.15) is 0 Å². The maximum Gasteiger partial charge on any atom is 0.119 e. The summed E-state index contributed by atoms with van der Waals surface area (Å²) in [6.45, 7) is 5.08. The second-order valence-corrected chi connectivity index (χ2v) is 4.89. The molecule has 0 saturated heterocycles. The number of nitrogens with one attached hydrogen (secondary N) is 1. The van der Waals surface area contributed by atoms with Gasteiger partial charge in [-0.15, -0.1) is 0 Å². The van der Waals surface area contributed by atoms with E-state index >= 15 is 0 Å². The van der Waals surface area contributed by atoms with Gasteiger partial charge in [0, 0.05) is 12.6 Å². The van der Waals surface area contributed by atoms with Gasteiger partial charge in [0.2, 0.25) is 0 Å². The molecule has 1 aliphatic rings. The lowest BCUT2D eigenvalue weighted by Gasteiger charge is -2.24. The third-order valence-corrected chi connectivity index (χ3v) is 3.10. The summed E-state index contributed by atoms with van der Waals surface area (Å²) in [7, 11) is 0. The predicted octanol–water partition coefficient (Wildman–Crippen LogP) is 2.04. The molecule has 0 radical (unpaired) electrons. The Bertz CT molecular complexity index is 355. The third-order valence-electron chi connectivity index (χ3n) is 3.10. The van der Waals surface area contributed by atoms with E-state index in [1.54, 1.807) is 0 Å². The molecule has 0 bridgehead atoms. The van der Waals surface area contributed by atoms with Crippen molar-refractivity contribution in [1.82, 2.24) is 5.32 Å². The van der Waals surface area contributed by atoms with Crippen LogP contribution in [0.4, 0.5) is 0 Å². The van der Waals surface area contributed by atoms with Gasteiger partial charge in [-0.25, -0.2) is 0 Å². The summed E-state index contributed by atoms with van der Waals surface area (Å²) in [5, 5.41) is 13.7. The number of ether oxygens (including phenoxy) is 1. The number of benzene rings is 1. The Hall–Kier alpha value is -1.06. The minimum absolute atomic E-state index is 0.603. The summed E-state index contributed by atoms with van der Waals surface area (Å²) in [6.07, 6.45) is 2.47. The van der Waals surface area contributed by atoms with E-state index in [2.05, 4.69) is 5.32 Å². The summed E-state index contributed by atoms with van der Waals surface area (Å²) >= 11 is 0. The van der Waals surface area contributed by atoms with Crippen LogP contribution < -0.4 is 10.1 Å². The maximum absolute atomic E-state index is 10.4. The molecule has 1 fully saturated rings. The highest BCUT2D eigenvalue weighted by atomic mass is 16.5. The van der Waals surface area contributed by atoms with Crippen LogP contribution in [0.15, 0.2) is 24.3 Å². The molecule has 1 aliphatic carbocycles. The smallest absolute Gasteiger partial charge is 0.119 e. The van der Waals surface area contributed by atoms with E-state index in [0.717, 1.165) is 11.3 Å². The fourth-order valence-corrected chi connectivity index (χ4v) is 1.81. The lowest BCUT2D eigenvalue weighted by Crippen LogP contribution is -2.36. The summed E-state index contributed by atoms with van der Waals surface area (Å²) in [5.41, 5.74) is 0.113. The molecule has 1 saturated carbocycles. The summed E-state index contributed by atoms with van der Waals surface area (Å²) in [4.78, 5) is 0. The Kier molecular flexibility index (Phi) is 3.69. The van der Waals surface area contributed by atoms with E-state index in [4.69, 9.17) is 4.74 Å². The van der Waals surface area contributed by atoms with Crippen LogP contribution in [-0.4, -0.2) is 24.3 Å². The molecule has 0 aliphatic heterocycles. The fourth-order valence-electron chi connectivity index (χ4n) is 1.81. The Balaban J connectivity index is 1.98. The molecular weight excluding hydrogens is 214 g/mol. The van der Waals surface area contributed by atoms with Crippen molar-refractivity contribution in [3.63, 3.8) is 0 Å². The highest BCUT2D eigenvalue weighted by Crippen LogP contribution is 2.25. The van der Waals surface area contributed by atoms with E-state index in [9.17, 15) is 5.11 Å². The molecule has 1 unspecified atom stereocenters. The van der Waals surface area contributed by atoms with E-state index in [1.807, 2.05) is 38.1 Å². The van der Waals surface area contributed by atoms with Gasteiger partial charge in [-0.05, 0) is 44.4 Å². The highest BCUT2D eigenvalue weighted by Gasteiger charge is 2.27. The van der Waals surface area contributed by atoms with Crippen LogP contribution in [0.2, 0.25) is 0 Å². The van der Waals surface area contributed by atoms with E-state index in [0.29, 0.717) is 19.2 Å². The molecule has 0 amide bonds. The SMILES string of the molecule is CCOc1ccc(C(C)(O)CNC2CC2)cc1. The molecule has 3 nitrogen and oxygen atoms in total. The van der Waals surface area contributed by atoms with Gasteiger partial charge in [0.15, 0.2) is 0 Å². The van der Waals surface area contributed by atoms with Crippen LogP contribution in [0, 0.1) is 0 Å². The molecule has 2 N–H and O–H groups in total. The standard InChI is InChI=1S/C14H21NO2/c1-3-17-13-8-4-11(5-9-13)14(2,16)10-15-12-6-7-12/h4-5,8-9,12,15-16H,3,6-7,10H2,1-2H3. The summed E-state index contributed by atoms with van der Waals surface area (Å²) in [5.74, 6) is 0.849. The van der Waals surface area contributed by atoms with Crippen LogP contribution in [0.5, 0.6) is 5.75 Å². The lowest BCUT2D eigenvalue weighted by atomic mass is 9.96. The average Bonchev–Trinajstić information content (AvgIpc) is 3.12. The molecule has 17 heavy (non-hydrogen) atoms. The largest absolute Gasteiger partial charge is 0.494 e. The zero-order valence-corrected chi connectivity index (χ0v) is 10.6. The van der Waals surface area contributed by atoms with Crippen molar-refractivity contribution < 1.29 is 9.84 Å². The molecule has 1 atom stereocenters. The van der Waals surface area contributed by atoms with Crippen LogP contribution in [0.25, 0.3) is 0 Å². The molecule has 0 heterocycles. The predicted molar refractivity (Wildman–Crippen MR) is 68.2 cm³/mol. The Morgan fingerprint density at radius 2 is 2.00 bits per heavy atom. The van der Waals surface area contributed by atoms with Crippen molar-refractivity contribution in [3.8, 4) is 5.75 Å². The van der Waals surface area contributed by atoms with Crippen molar-refractivity contribution in [1.29, 1.82) is 0 Å². The second kappa shape index (κ2) is 5.07. The molecule has 1 aromatic carbocycles. The Morgan fingerprint density at radius 1 is 1.35 bits per heavy atom. The van der Waals surface area contributed by atoms with Gasteiger partial charge < -0.3 is 15.2 Å². The quantitative estimate of drug-likeness (QED) is 0.793. The molecular formula is C14H21NO2. The number of aliphatic hydroxyl groups is 1. The molecule has 94 valence electrons. The fraction of sp³-hybridized carbons (Fsp3) is 0.571. The molecule has 1 aromatic rings. The van der Waals surface area contributed by atoms with Crippen LogP contribution in [0.3, 0.4) is 0 Å². The average molecular weight is 235 g/mol. The normalized spacial score (nSPS) is 18.8. The number of rotatable bonds is 6. The Morgan fingerprint density at radius 3 is 2.53 bits per heavy atom. The number of hydrogen-bond donors (Lipinski definition) is 2. The minimum atomic E-state index is -0.812. The van der Waals surface area contributed by atoms with Gasteiger partial charge in [0.1, 0.15) is 5.75 Å². The van der Waals surface area contributed by atoms with Gasteiger partial charge in [-0.1, -0.05) is 12.1 Å². The molecule has 0 spiro atoms. The van der Waals surface area contributed by atoms with E-state index < -0.39 is 5.60 Å². The van der Waals surface area contributed by atoms with Crippen LogP contribution in [0.1, 0.15) is 32.3 Å². The molecule has 0 aromatic heterocycles. The summed E-state index contributed by atoms with van der Waals surface area (Å²) < 4.78 is 5.38. The molecule has 2 rings (SSSR count). The topological polar surface area (TPSA) is 41.5 Å². The van der Waals surface area contributed by atoms with Crippen molar-refractivity contribution in [2.24, 2.45) is 0 Å². The van der Waals surface area contributed by atoms with E-state index in [1.165, 1.54) is 12.8 Å². The van der Waals surface area contributed by atoms with Crippen molar-refractivity contribution >= 4 is 0 Å². The van der Waals surface area contributed by atoms with Crippen LogP contribution >= 0.6 is 0 Å². The van der Waals surface area contributed by atoms with Gasteiger partial charge in [0.25, 0.3) is 0 Å². The summed E-state index contributed by atoms with van der Waals surface area (Å²) in [6, 6.07) is 8.29. The maximum atomic E-state index is 10.4. The number of hydrogen-bond acceptors (Lipinski definition) is 3. The first-order chi connectivity index (χ1) is 8.12. The monoisotopic (exact) mass is 235 g/mol. The van der Waals surface area contributed by atoms with Crippen molar-refractivity contribution in [2.75, 3.05) is 13.2 Å². The first-order valence-electron chi connectivity index (χ1n) is 6.31. The second-order valence-electron chi connectivity index (χ2n) is 4.89. The van der Waals surface area contributed by atoms with Gasteiger partial charge in [-0.3, -0.25) is 0 Å². The first-order valence-corrected chi connectivity index (χ1v) is 6.31. The minimum Gasteiger partial charge on any atom is -0.494 e. The van der Waals surface area contributed by atoms with Gasteiger partial charge >= 0.3 is 0 Å². The van der Waals surface area contributed by atoms with Crippen LogP contribution in [-0.2, 0) is 5.60 Å². The third kappa shape index (κ3) is 3.45. The highest BCUT2D eigenvalue weighted by molar-refractivity contribution is 5.30. The van der Waals surface area contributed by atoms with Crippen molar-refractivity contribution in [3.05, 3.63) is 29.8 Å². The van der Waals surface area contributed by atoms with E-state index in [-0.39, 0.29) is 0 Å². The zero-order valence-electron chi connectivity index (χ0n) is 10.6. The van der Waals surface area contributed by atoms with Gasteiger partial charge in [0.05, 0.1) is 12.2 Å². The zero-order chi connectivity index (χ0) is 12.3. The molecule has 3 heteroatoms.